The maximum atomic E-state index is 9.65. The normalized spacial score (nSPS) is 16.2. The van der Waals surface area contributed by atoms with Gasteiger partial charge in [0.05, 0.1) is 12.6 Å². The van der Waals surface area contributed by atoms with Gasteiger partial charge in [0.25, 0.3) is 0 Å². The smallest absolute Gasteiger partial charge is 0.194 e. The Hall–Kier alpha value is -1.02. The fourth-order valence-corrected chi connectivity index (χ4v) is 2.87. The van der Waals surface area contributed by atoms with Crippen molar-refractivity contribution >= 4 is 29.9 Å². The van der Waals surface area contributed by atoms with Gasteiger partial charge in [0.2, 0.25) is 0 Å². The summed E-state index contributed by atoms with van der Waals surface area (Å²) in [5, 5.41) is 13.0. The van der Waals surface area contributed by atoms with E-state index in [0.717, 1.165) is 44.2 Å². The van der Waals surface area contributed by atoms with Crippen LogP contribution < -0.4 is 10.1 Å². The lowest BCUT2D eigenvalue weighted by Gasteiger charge is -2.32. The Morgan fingerprint density at radius 2 is 2.00 bits per heavy atom. The molecule has 0 radical (unpaired) electrons. The van der Waals surface area contributed by atoms with Crippen molar-refractivity contribution in [2.24, 2.45) is 4.99 Å². The van der Waals surface area contributed by atoms with E-state index in [1.165, 1.54) is 5.56 Å². The van der Waals surface area contributed by atoms with Crippen LogP contribution in [-0.4, -0.2) is 54.9 Å². The molecule has 1 aliphatic rings. The molecule has 0 aliphatic carbocycles. The van der Waals surface area contributed by atoms with Gasteiger partial charge in [-0.2, -0.15) is 0 Å². The number of rotatable bonds is 5. The van der Waals surface area contributed by atoms with E-state index < -0.39 is 0 Å². The lowest BCUT2D eigenvalue weighted by atomic mass is 9.87. The molecule has 1 aromatic carbocycles. The number of aliphatic hydroxyl groups is 1. The van der Waals surface area contributed by atoms with Crippen molar-refractivity contribution in [2.45, 2.75) is 52.1 Å². The minimum atomic E-state index is -0.169. The van der Waals surface area contributed by atoms with Gasteiger partial charge in [0.1, 0.15) is 12.4 Å². The van der Waals surface area contributed by atoms with Crippen LogP contribution in [0.4, 0.5) is 0 Å². The van der Waals surface area contributed by atoms with Crippen LogP contribution in [0.5, 0.6) is 5.75 Å². The molecule has 26 heavy (non-hydrogen) atoms. The summed E-state index contributed by atoms with van der Waals surface area (Å²) in [7, 11) is 0. The Morgan fingerprint density at radius 3 is 2.62 bits per heavy atom. The molecule has 0 bridgehead atoms. The number of aliphatic imine (C=N–C) groups is 1. The van der Waals surface area contributed by atoms with Gasteiger partial charge in [0.15, 0.2) is 5.96 Å². The van der Waals surface area contributed by atoms with Crippen LogP contribution >= 0.6 is 24.0 Å². The van der Waals surface area contributed by atoms with Gasteiger partial charge in [-0.15, -0.1) is 24.0 Å². The van der Waals surface area contributed by atoms with Crippen LogP contribution in [-0.2, 0) is 5.41 Å². The Kier molecular flexibility index (Phi) is 9.71. The third-order valence-electron chi connectivity index (χ3n) is 4.42. The summed E-state index contributed by atoms with van der Waals surface area (Å²) in [5.74, 6) is 1.81. The third kappa shape index (κ3) is 7.31. The molecule has 1 saturated heterocycles. The molecular formula is C20H34IN3O2. The maximum absolute atomic E-state index is 9.65. The summed E-state index contributed by atoms with van der Waals surface area (Å²) in [6.07, 6.45) is 1.44. The number of nitrogens with zero attached hydrogens (tertiary/aromatic N) is 2. The van der Waals surface area contributed by atoms with Gasteiger partial charge >= 0.3 is 0 Å². The number of likely N-dealkylation sites (tertiary alicyclic amines) is 1. The summed E-state index contributed by atoms with van der Waals surface area (Å²) in [6, 6.07) is 8.29. The van der Waals surface area contributed by atoms with E-state index in [1.54, 1.807) is 0 Å². The number of ether oxygens (including phenoxy) is 1. The van der Waals surface area contributed by atoms with Gasteiger partial charge in [-0.25, -0.2) is 4.99 Å². The number of hydrogen-bond acceptors (Lipinski definition) is 3. The molecule has 0 atom stereocenters. The van der Waals surface area contributed by atoms with Crippen LogP contribution in [0.25, 0.3) is 0 Å². The van der Waals surface area contributed by atoms with Crippen LogP contribution in [0.1, 0.15) is 46.1 Å². The highest BCUT2D eigenvalue weighted by molar-refractivity contribution is 14.0. The van der Waals surface area contributed by atoms with Crippen molar-refractivity contribution in [1.82, 2.24) is 10.2 Å². The van der Waals surface area contributed by atoms with Crippen molar-refractivity contribution in [3.05, 3.63) is 29.8 Å². The summed E-state index contributed by atoms with van der Waals surface area (Å²) >= 11 is 0. The Balaban J connectivity index is 0.00000338. The van der Waals surface area contributed by atoms with Crippen molar-refractivity contribution in [3.8, 4) is 5.75 Å². The van der Waals surface area contributed by atoms with E-state index in [1.807, 2.05) is 12.1 Å². The number of nitrogens with one attached hydrogen (secondary N) is 1. The fourth-order valence-electron chi connectivity index (χ4n) is 2.87. The second-order valence-electron chi connectivity index (χ2n) is 7.58. The van der Waals surface area contributed by atoms with E-state index in [2.05, 4.69) is 55.0 Å². The lowest BCUT2D eigenvalue weighted by Crippen LogP contribution is -2.46. The third-order valence-corrected chi connectivity index (χ3v) is 4.42. The van der Waals surface area contributed by atoms with Crippen LogP contribution in [0.15, 0.2) is 29.3 Å². The lowest BCUT2D eigenvalue weighted by molar-refractivity contribution is 0.108. The molecule has 0 amide bonds. The molecule has 1 aliphatic heterocycles. The van der Waals surface area contributed by atoms with Gasteiger partial charge in [-0.1, -0.05) is 32.9 Å². The standard InChI is InChI=1S/C20H33N3O2.HI/c1-5-21-19(23-12-9-17(24)10-13-23)22-11-14-25-18-8-6-7-16(15-18)20(2,3)4;/h6-8,15,17,24H,5,9-14H2,1-4H3,(H,21,22);1H. The second kappa shape index (κ2) is 11.0. The molecule has 5 nitrogen and oxygen atoms in total. The average molecular weight is 475 g/mol. The number of aliphatic hydroxyl groups excluding tert-OH is 1. The maximum Gasteiger partial charge on any atom is 0.194 e. The topological polar surface area (TPSA) is 57.1 Å². The zero-order valence-corrected chi connectivity index (χ0v) is 18.8. The second-order valence-corrected chi connectivity index (χ2v) is 7.58. The van der Waals surface area contributed by atoms with E-state index in [9.17, 15) is 5.11 Å². The first-order chi connectivity index (χ1) is 11.9. The summed E-state index contributed by atoms with van der Waals surface area (Å²) in [6.45, 7) is 12.4. The quantitative estimate of drug-likeness (QED) is 0.297. The SMILES string of the molecule is CCNC(=NCCOc1cccc(C(C)(C)C)c1)N1CCC(O)CC1.I. The highest BCUT2D eigenvalue weighted by Crippen LogP contribution is 2.25. The molecule has 0 spiro atoms. The van der Waals surface area contributed by atoms with Crippen LogP contribution in [0.3, 0.4) is 0 Å². The van der Waals surface area contributed by atoms with E-state index in [0.29, 0.717) is 13.2 Å². The summed E-state index contributed by atoms with van der Waals surface area (Å²) in [4.78, 5) is 6.89. The van der Waals surface area contributed by atoms with E-state index in [-0.39, 0.29) is 35.5 Å². The first-order valence-electron chi connectivity index (χ1n) is 9.35. The van der Waals surface area contributed by atoms with Crippen LogP contribution in [0, 0.1) is 0 Å². The number of hydrogen-bond donors (Lipinski definition) is 2. The van der Waals surface area contributed by atoms with Crippen molar-refractivity contribution in [2.75, 3.05) is 32.8 Å². The fraction of sp³-hybridized carbons (Fsp3) is 0.650. The molecule has 0 aromatic heterocycles. The largest absolute Gasteiger partial charge is 0.492 e. The van der Waals surface area contributed by atoms with Gasteiger partial charge in [-0.3, -0.25) is 0 Å². The summed E-state index contributed by atoms with van der Waals surface area (Å²) < 4.78 is 5.88. The molecule has 148 valence electrons. The molecule has 1 aromatic rings. The molecular weight excluding hydrogens is 441 g/mol. The molecule has 0 saturated carbocycles. The van der Waals surface area contributed by atoms with Crippen molar-refractivity contribution in [1.29, 1.82) is 0 Å². The minimum Gasteiger partial charge on any atom is -0.492 e. The number of benzene rings is 1. The van der Waals surface area contributed by atoms with E-state index in [4.69, 9.17) is 4.74 Å². The van der Waals surface area contributed by atoms with Crippen molar-refractivity contribution in [3.63, 3.8) is 0 Å². The first kappa shape index (κ1) is 23.0. The van der Waals surface area contributed by atoms with Crippen LogP contribution in [0.2, 0.25) is 0 Å². The molecule has 6 heteroatoms. The first-order valence-corrected chi connectivity index (χ1v) is 9.35. The van der Waals surface area contributed by atoms with Gasteiger partial charge in [0, 0.05) is 19.6 Å². The average Bonchev–Trinajstić information content (AvgIpc) is 2.58. The van der Waals surface area contributed by atoms with Crippen molar-refractivity contribution < 1.29 is 9.84 Å². The highest BCUT2D eigenvalue weighted by Gasteiger charge is 2.19. The predicted octanol–water partition coefficient (Wildman–Crippen LogP) is 3.40. The Morgan fingerprint density at radius 1 is 1.31 bits per heavy atom. The Bertz CT molecular complexity index is 564. The number of piperidine rings is 1. The van der Waals surface area contributed by atoms with E-state index >= 15 is 0 Å². The molecule has 0 unspecified atom stereocenters. The minimum absolute atomic E-state index is 0. The monoisotopic (exact) mass is 475 g/mol. The Labute approximate surface area is 175 Å². The number of halogens is 1. The number of guanidine groups is 1. The molecule has 1 heterocycles. The molecule has 2 rings (SSSR count). The zero-order valence-electron chi connectivity index (χ0n) is 16.5. The zero-order chi connectivity index (χ0) is 18.3. The summed E-state index contributed by atoms with van der Waals surface area (Å²) in [5.41, 5.74) is 1.39. The molecule has 2 N–H and O–H groups in total. The van der Waals surface area contributed by atoms with Gasteiger partial charge in [-0.05, 0) is 42.9 Å². The molecule has 1 fully saturated rings. The van der Waals surface area contributed by atoms with Gasteiger partial charge < -0.3 is 20.1 Å². The predicted molar refractivity (Wildman–Crippen MR) is 119 cm³/mol. The highest BCUT2D eigenvalue weighted by atomic mass is 127.